The molecule has 2 fully saturated rings. The van der Waals surface area contributed by atoms with Crippen LogP contribution in [0.5, 0.6) is 0 Å². The topological polar surface area (TPSA) is 82.2 Å². The molecule has 4 rings (SSSR count). The van der Waals surface area contributed by atoms with Crippen molar-refractivity contribution in [3.05, 3.63) is 66.2 Å². The van der Waals surface area contributed by atoms with Gasteiger partial charge in [-0.25, -0.2) is 0 Å². The molecule has 0 saturated carbocycles. The van der Waals surface area contributed by atoms with Crippen LogP contribution in [0.1, 0.15) is 31.7 Å². The fraction of sp³-hybridized carbons (Fsp3) is 0.464. The van der Waals surface area contributed by atoms with Gasteiger partial charge in [0.2, 0.25) is 11.8 Å². The molecule has 2 aliphatic heterocycles. The van der Waals surface area contributed by atoms with Crippen molar-refractivity contribution in [3.63, 3.8) is 0 Å². The van der Waals surface area contributed by atoms with Crippen LogP contribution in [0.25, 0.3) is 0 Å². The van der Waals surface area contributed by atoms with Gasteiger partial charge >= 0.3 is 0 Å². The molecule has 8 heteroatoms. The molecule has 1 spiro atoms. The van der Waals surface area contributed by atoms with E-state index in [0.29, 0.717) is 58.8 Å². The zero-order valence-corrected chi connectivity index (χ0v) is 21.0. The maximum Gasteiger partial charge on any atom is 0.250 e. The molecule has 2 aromatic carbocycles. The molecule has 2 aliphatic rings. The number of hydrogen-bond donors (Lipinski definition) is 1. The largest absolute Gasteiger partial charge is 0.382 e. The Hall–Kier alpha value is -3.39. The highest BCUT2D eigenvalue weighted by molar-refractivity contribution is 5.96. The van der Waals surface area contributed by atoms with E-state index in [9.17, 15) is 14.4 Å². The van der Waals surface area contributed by atoms with Crippen LogP contribution in [-0.4, -0.2) is 79.1 Å². The van der Waals surface area contributed by atoms with Crippen molar-refractivity contribution in [1.82, 2.24) is 15.1 Å². The van der Waals surface area contributed by atoms with E-state index in [1.807, 2.05) is 72.5 Å². The van der Waals surface area contributed by atoms with E-state index in [1.54, 1.807) is 4.90 Å². The standard InChI is InChI=1S/C28H36N4O4/c1-2-36-19-9-16-29-25(33)21-31-22-32(24-12-7-4-8-13-24)28(27(31)35)14-17-30(18-15-28)26(34)20-23-10-5-3-6-11-23/h3-8,10-13H,2,9,14-22H2,1H3,(H,29,33). The number of rotatable bonds is 10. The van der Waals surface area contributed by atoms with Crippen molar-refractivity contribution in [3.8, 4) is 0 Å². The lowest BCUT2D eigenvalue weighted by Gasteiger charge is -2.43. The van der Waals surface area contributed by atoms with E-state index < -0.39 is 5.54 Å². The highest BCUT2D eigenvalue weighted by Crippen LogP contribution is 2.39. The van der Waals surface area contributed by atoms with Gasteiger partial charge in [-0.2, -0.15) is 0 Å². The number of carbonyl (C=O) groups excluding carboxylic acids is 3. The number of para-hydroxylation sites is 1. The van der Waals surface area contributed by atoms with Crippen molar-refractivity contribution in [2.45, 2.75) is 38.1 Å². The normalized spacial score (nSPS) is 17.0. The minimum Gasteiger partial charge on any atom is -0.382 e. The molecular formula is C28H36N4O4. The summed E-state index contributed by atoms with van der Waals surface area (Å²) in [5.41, 5.74) is 1.19. The first-order valence-electron chi connectivity index (χ1n) is 12.8. The molecule has 0 atom stereocenters. The summed E-state index contributed by atoms with van der Waals surface area (Å²) in [5, 5.41) is 2.90. The maximum absolute atomic E-state index is 13.8. The molecule has 0 unspecified atom stereocenters. The summed E-state index contributed by atoms with van der Waals surface area (Å²) in [6.45, 7) is 5.12. The monoisotopic (exact) mass is 492 g/mol. The zero-order chi connectivity index (χ0) is 25.4. The number of nitrogens with one attached hydrogen (secondary N) is 1. The lowest BCUT2D eigenvalue weighted by molar-refractivity contribution is -0.139. The molecular weight excluding hydrogens is 456 g/mol. The predicted octanol–water partition coefficient (Wildman–Crippen LogP) is 2.44. The first kappa shape index (κ1) is 25.7. The number of piperidine rings is 1. The van der Waals surface area contributed by atoms with E-state index >= 15 is 0 Å². The van der Waals surface area contributed by atoms with E-state index in [4.69, 9.17) is 4.74 Å². The van der Waals surface area contributed by atoms with E-state index in [-0.39, 0.29) is 24.3 Å². The average Bonchev–Trinajstić information content (AvgIpc) is 3.16. The highest BCUT2D eigenvalue weighted by Gasteiger charge is 2.54. The van der Waals surface area contributed by atoms with Gasteiger partial charge in [0.1, 0.15) is 12.1 Å². The van der Waals surface area contributed by atoms with E-state index in [2.05, 4.69) is 10.2 Å². The molecule has 2 saturated heterocycles. The van der Waals surface area contributed by atoms with E-state index in [0.717, 1.165) is 17.7 Å². The fourth-order valence-corrected chi connectivity index (χ4v) is 5.11. The average molecular weight is 493 g/mol. The molecule has 2 heterocycles. The molecule has 8 nitrogen and oxygen atoms in total. The lowest BCUT2D eigenvalue weighted by atomic mass is 9.85. The summed E-state index contributed by atoms with van der Waals surface area (Å²) in [5.74, 6) is -0.123. The van der Waals surface area contributed by atoms with Crippen LogP contribution >= 0.6 is 0 Å². The second kappa shape index (κ2) is 12.0. The van der Waals surface area contributed by atoms with Crippen LogP contribution in [0.2, 0.25) is 0 Å². The van der Waals surface area contributed by atoms with Crippen molar-refractivity contribution < 1.29 is 19.1 Å². The summed E-state index contributed by atoms with van der Waals surface area (Å²) in [6.07, 6.45) is 2.17. The number of amides is 3. The number of anilines is 1. The summed E-state index contributed by atoms with van der Waals surface area (Å²) in [7, 11) is 0. The van der Waals surface area contributed by atoms with Gasteiger partial charge in [0.25, 0.3) is 5.91 Å². The Kier molecular flexibility index (Phi) is 8.59. The molecule has 3 amide bonds. The molecule has 0 radical (unpaired) electrons. The van der Waals surface area contributed by atoms with Crippen LogP contribution in [0.15, 0.2) is 60.7 Å². The van der Waals surface area contributed by atoms with Crippen LogP contribution in [0, 0.1) is 0 Å². The van der Waals surface area contributed by atoms with Crippen molar-refractivity contribution >= 4 is 23.4 Å². The molecule has 0 aliphatic carbocycles. The first-order chi connectivity index (χ1) is 17.5. The SMILES string of the molecule is CCOCCCNC(=O)CN1CN(c2ccccc2)C2(CCN(C(=O)Cc3ccccc3)CC2)C1=O. The molecule has 192 valence electrons. The Morgan fingerprint density at radius 1 is 1.00 bits per heavy atom. The maximum atomic E-state index is 13.8. The third kappa shape index (κ3) is 5.87. The zero-order valence-electron chi connectivity index (χ0n) is 21.0. The first-order valence-corrected chi connectivity index (χ1v) is 12.8. The van der Waals surface area contributed by atoms with E-state index in [1.165, 1.54) is 0 Å². The second-order valence-electron chi connectivity index (χ2n) is 9.38. The Bertz CT molecular complexity index is 1020. The Labute approximate surface area is 213 Å². The number of likely N-dealkylation sites (tertiary alicyclic amines) is 1. The van der Waals surface area contributed by atoms with Gasteiger partial charge in [-0.15, -0.1) is 0 Å². The van der Waals surface area contributed by atoms with Gasteiger partial charge in [0, 0.05) is 38.5 Å². The second-order valence-corrected chi connectivity index (χ2v) is 9.38. The quantitative estimate of drug-likeness (QED) is 0.515. The fourth-order valence-electron chi connectivity index (χ4n) is 5.11. The van der Waals surface area contributed by atoms with Gasteiger partial charge in [0.15, 0.2) is 0 Å². The van der Waals surface area contributed by atoms with Gasteiger partial charge in [-0.1, -0.05) is 48.5 Å². The highest BCUT2D eigenvalue weighted by atomic mass is 16.5. The van der Waals surface area contributed by atoms with Crippen LogP contribution < -0.4 is 10.2 Å². The van der Waals surface area contributed by atoms with Crippen molar-refractivity contribution in [2.24, 2.45) is 0 Å². The van der Waals surface area contributed by atoms with Gasteiger partial charge < -0.3 is 24.8 Å². The number of hydrogen-bond acceptors (Lipinski definition) is 5. The Balaban J connectivity index is 1.42. The minimum absolute atomic E-state index is 0.0230. The molecule has 0 bridgehead atoms. The molecule has 36 heavy (non-hydrogen) atoms. The van der Waals surface area contributed by atoms with Crippen LogP contribution in [0.3, 0.4) is 0 Å². The number of carbonyl (C=O) groups is 3. The lowest BCUT2D eigenvalue weighted by Crippen LogP contribution is -2.57. The number of benzene rings is 2. The molecule has 2 aromatic rings. The number of ether oxygens (including phenoxy) is 1. The van der Waals surface area contributed by atoms with Crippen LogP contribution in [0.4, 0.5) is 5.69 Å². The molecule has 1 N–H and O–H groups in total. The third-order valence-corrected chi connectivity index (χ3v) is 7.05. The smallest absolute Gasteiger partial charge is 0.250 e. The summed E-state index contributed by atoms with van der Waals surface area (Å²) in [4.78, 5) is 44.9. The number of nitrogens with zero attached hydrogens (tertiary/aromatic N) is 3. The summed E-state index contributed by atoms with van der Waals surface area (Å²) >= 11 is 0. The van der Waals surface area contributed by atoms with Crippen LogP contribution in [-0.2, 0) is 25.5 Å². The summed E-state index contributed by atoms with van der Waals surface area (Å²) in [6, 6.07) is 19.6. The summed E-state index contributed by atoms with van der Waals surface area (Å²) < 4.78 is 5.31. The minimum atomic E-state index is -0.750. The van der Waals surface area contributed by atoms with Crippen molar-refractivity contribution in [2.75, 3.05) is 51.0 Å². The third-order valence-electron chi connectivity index (χ3n) is 7.05. The van der Waals surface area contributed by atoms with Gasteiger partial charge in [0.05, 0.1) is 13.1 Å². The Morgan fingerprint density at radius 2 is 1.67 bits per heavy atom. The predicted molar refractivity (Wildman–Crippen MR) is 138 cm³/mol. The van der Waals surface area contributed by atoms with Crippen molar-refractivity contribution in [1.29, 1.82) is 0 Å². The molecule has 0 aromatic heterocycles. The van der Waals surface area contributed by atoms with Gasteiger partial charge in [-0.3, -0.25) is 14.4 Å². The Morgan fingerprint density at radius 3 is 2.33 bits per heavy atom. The van der Waals surface area contributed by atoms with Gasteiger partial charge in [-0.05, 0) is 43.9 Å².